The molecule has 5 aromatic carbocycles. The maximum absolute atomic E-state index is 11.5. The molecule has 6 nitrogen and oxygen atoms in total. The topological polar surface area (TPSA) is 75.7 Å². The number of aryl methyl sites for hydroxylation is 3. The average molecular weight is 815 g/mol. The van der Waals surface area contributed by atoms with Gasteiger partial charge in [-0.15, -0.1) is 0 Å². The third-order valence-corrected chi connectivity index (χ3v) is 12.1. The summed E-state index contributed by atoms with van der Waals surface area (Å²) >= 11 is 0. The Kier molecular flexibility index (Phi) is 18.2. The molecule has 0 aliphatic heterocycles. The highest BCUT2D eigenvalue weighted by molar-refractivity contribution is 5.86. The van der Waals surface area contributed by atoms with Gasteiger partial charge in [-0.3, -0.25) is 0 Å². The van der Waals surface area contributed by atoms with E-state index in [0.717, 1.165) is 67.2 Å². The summed E-state index contributed by atoms with van der Waals surface area (Å²) in [6.45, 7) is 8.03. The molecule has 1 fully saturated rings. The number of azo groups is 2. The summed E-state index contributed by atoms with van der Waals surface area (Å²) in [5, 5.41) is 17.6. The molecule has 318 valence electrons. The Labute approximate surface area is 365 Å². The Morgan fingerprint density at radius 3 is 1.41 bits per heavy atom. The van der Waals surface area contributed by atoms with Gasteiger partial charge in [-0.05, 0) is 165 Å². The van der Waals surface area contributed by atoms with Crippen molar-refractivity contribution in [3.63, 3.8) is 0 Å². The second-order valence-electron chi connectivity index (χ2n) is 17.1. The lowest BCUT2D eigenvalue weighted by Crippen LogP contribution is -2.13. The number of esters is 1. The van der Waals surface area contributed by atoms with Crippen molar-refractivity contribution in [1.29, 1.82) is 0 Å². The number of benzene rings is 5. The van der Waals surface area contributed by atoms with E-state index in [0.29, 0.717) is 18.1 Å². The average Bonchev–Trinajstić information content (AvgIpc) is 3.30. The third kappa shape index (κ3) is 15.5. The molecule has 0 N–H and O–H groups in total. The molecule has 0 heterocycles. The second kappa shape index (κ2) is 24.7. The van der Waals surface area contributed by atoms with Crippen molar-refractivity contribution >= 4 is 28.7 Å². The largest absolute Gasteiger partial charge is 0.462 e. The summed E-state index contributed by atoms with van der Waals surface area (Å²) in [7, 11) is 0. The van der Waals surface area contributed by atoms with Crippen molar-refractivity contribution in [1.82, 2.24) is 0 Å². The summed E-state index contributed by atoms with van der Waals surface area (Å²) in [4.78, 5) is 11.5. The quantitative estimate of drug-likeness (QED) is 0.0285. The Hall–Kier alpha value is -5.49. The summed E-state index contributed by atoms with van der Waals surface area (Å²) in [5.41, 5.74) is 12.0. The maximum atomic E-state index is 11.5. The lowest BCUT2D eigenvalue weighted by atomic mass is 9.77. The zero-order valence-corrected chi connectivity index (χ0v) is 36.7. The minimum Gasteiger partial charge on any atom is -0.462 e. The molecule has 1 aliphatic carbocycles. The van der Waals surface area contributed by atoms with Crippen LogP contribution in [0, 0.1) is 5.92 Å². The van der Waals surface area contributed by atoms with Crippen molar-refractivity contribution in [2.75, 3.05) is 6.61 Å². The van der Waals surface area contributed by atoms with Crippen LogP contribution in [-0.4, -0.2) is 12.6 Å². The highest BCUT2D eigenvalue weighted by Crippen LogP contribution is 2.38. The first-order valence-electron chi connectivity index (χ1n) is 23.0. The van der Waals surface area contributed by atoms with Crippen LogP contribution in [0.25, 0.3) is 11.1 Å². The van der Waals surface area contributed by atoms with Gasteiger partial charge in [0, 0.05) is 5.57 Å². The molecule has 1 aliphatic rings. The van der Waals surface area contributed by atoms with Crippen LogP contribution in [0.15, 0.2) is 154 Å². The predicted octanol–water partition coefficient (Wildman–Crippen LogP) is 16.8. The van der Waals surface area contributed by atoms with Crippen LogP contribution in [0.3, 0.4) is 0 Å². The zero-order chi connectivity index (χ0) is 42.5. The van der Waals surface area contributed by atoms with Crippen LogP contribution in [0.2, 0.25) is 0 Å². The SMILES string of the molecule is C=C(C)C(=O)OCCCCCCC1CCC(c2ccc(-c3ccc(CCCCCCc4ccc(N=Nc5ccc(N=Nc6ccc(CCC)cc6)cc5)cc4)cc3)cc2)CC1. The summed E-state index contributed by atoms with van der Waals surface area (Å²) < 4.78 is 5.21. The van der Waals surface area contributed by atoms with Gasteiger partial charge < -0.3 is 4.74 Å². The predicted molar refractivity (Wildman–Crippen MR) is 253 cm³/mol. The van der Waals surface area contributed by atoms with Crippen molar-refractivity contribution in [3.05, 3.63) is 156 Å². The van der Waals surface area contributed by atoms with Gasteiger partial charge in [0.05, 0.1) is 29.4 Å². The maximum Gasteiger partial charge on any atom is 0.333 e. The molecule has 6 heteroatoms. The molecule has 1 saturated carbocycles. The van der Waals surface area contributed by atoms with E-state index in [1.165, 1.54) is 104 Å². The zero-order valence-electron chi connectivity index (χ0n) is 36.7. The number of unbranched alkanes of at least 4 members (excludes halogenated alkanes) is 6. The number of hydrogen-bond acceptors (Lipinski definition) is 6. The lowest BCUT2D eigenvalue weighted by Gasteiger charge is -2.29. The first-order chi connectivity index (χ1) is 29.9. The van der Waals surface area contributed by atoms with E-state index < -0.39 is 0 Å². The normalized spacial score (nSPS) is 15.4. The van der Waals surface area contributed by atoms with Gasteiger partial charge >= 0.3 is 5.97 Å². The van der Waals surface area contributed by atoms with Crippen LogP contribution in [0.4, 0.5) is 22.7 Å². The van der Waals surface area contributed by atoms with Crippen molar-refractivity contribution in [2.45, 2.75) is 129 Å². The van der Waals surface area contributed by atoms with Crippen LogP contribution >= 0.6 is 0 Å². The van der Waals surface area contributed by atoms with Gasteiger partial charge in [-0.25, -0.2) is 4.79 Å². The molecule has 0 spiro atoms. The molecule has 0 aromatic heterocycles. The molecule has 0 saturated heterocycles. The molecule has 61 heavy (non-hydrogen) atoms. The van der Waals surface area contributed by atoms with E-state index in [4.69, 9.17) is 4.74 Å². The van der Waals surface area contributed by atoms with Gasteiger partial charge in [-0.1, -0.05) is 131 Å². The molecular weight excluding hydrogens is 749 g/mol. The van der Waals surface area contributed by atoms with Crippen LogP contribution in [0.5, 0.6) is 0 Å². The number of rotatable bonds is 23. The molecule has 0 amide bonds. The van der Waals surface area contributed by atoms with E-state index in [2.05, 4.69) is 119 Å². The van der Waals surface area contributed by atoms with Crippen molar-refractivity contribution in [2.24, 2.45) is 26.4 Å². The Morgan fingerprint density at radius 1 is 0.525 bits per heavy atom. The molecule has 6 rings (SSSR count). The fraction of sp³-hybridized carbons (Fsp3) is 0.400. The first kappa shape index (κ1) is 45.0. The van der Waals surface area contributed by atoms with E-state index in [1.807, 2.05) is 36.4 Å². The van der Waals surface area contributed by atoms with Crippen LogP contribution in [0.1, 0.15) is 132 Å². The van der Waals surface area contributed by atoms with E-state index >= 15 is 0 Å². The number of hydrogen-bond donors (Lipinski definition) is 0. The van der Waals surface area contributed by atoms with E-state index in [9.17, 15) is 4.79 Å². The third-order valence-electron chi connectivity index (χ3n) is 12.1. The Morgan fingerprint density at radius 2 is 0.934 bits per heavy atom. The molecule has 0 bridgehead atoms. The Balaban J connectivity index is 0.815. The molecule has 0 radical (unpaired) electrons. The molecule has 5 aromatic rings. The number of ether oxygens (including phenoxy) is 1. The Bertz CT molecular complexity index is 2110. The fourth-order valence-corrected chi connectivity index (χ4v) is 8.35. The summed E-state index contributed by atoms with van der Waals surface area (Å²) in [6, 6.07) is 43.0. The fourth-order valence-electron chi connectivity index (χ4n) is 8.35. The highest BCUT2D eigenvalue weighted by atomic mass is 16.5. The number of carbonyl (C=O) groups excluding carboxylic acids is 1. The second-order valence-corrected chi connectivity index (χ2v) is 17.1. The van der Waals surface area contributed by atoms with Crippen LogP contribution < -0.4 is 0 Å². The summed E-state index contributed by atoms with van der Waals surface area (Å²) in [6.07, 6.45) is 20.6. The first-order valence-corrected chi connectivity index (χ1v) is 23.0. The minimum absolute atomic E-state index is 0.268. The van der Waals surface area contributed by atoms with E-state index in [1.54, 1.807) is 6.92 Å². The van der Waals surface area contributed by atoms with Gasteiger partial charge in [0.25, 0.3) is 0 Å². The monoisotopic (exact) mass is 815 g/mol. The number of nitrogens with zero attached hydrogens (tertiary/aromatic N) is 4. The molecule has 0 unspecified atom stereocenters. The summed E-state index contributed by atoms with van der Waals surface area (Å²) in [5.74, 6) is 1.29. The smallest absolute Gasteiger partial charge is 0.333 e. The highest BCUT2D eigenvalue weighted by Gasteiger charge is 2.22. The van der Waals surface area contributed by atoms with Gasteiger partial charge in [-0.2, -0.15) is 20.5 Å². The minimum atomic E-state index is -0.268. The van der Waals surface area contributed by atoms with Gasteiger partial charge in [0.2, 0.25) is 0 Å². The van der Waals surface area contributed by atoms with Gasteiger partial charge in [0.15, 0.2) is 0 Å². The number of carbonyl (C=O) groups is 1. The van der Waals surface area contributed by atoms with Crippen molar-refractivity contribution < 1.29 is 9.53 Å². The molecular formula is C55H66N4O2. The van der Waals surface area contributed by atoms with Gasteiger partial charge in [0.1, 0.15) is 0 Å². The standard InChI is InChI=1S/C55H66N4O2/c1-4-13-43-21-33-51(34-22-43)56-58-53-37-39-54(40-38-53)59-57-52-35-23-46(24-36-52)16-10-6-5-9-14-44-17-25-47(26-18-44)49-29-31-50(32-30-49)48-27-19-45(20-28-48)15-11-7-8-12-41-61-55(60)42(2)3/h17-18,21-26,29-40,45,48H,2,4-16,19-20,27-28,41H2,1,3H3. The molecule has 0 atom stereocenters. The lowest BCUT2D eigenvalue weighted by molar-refractivity contribution is -0.139. The van der Waals surface area contributed by atoms with Crippen molar-refractivity contribution in [3.8, 4) is 11.1 Å². The van der Waals surface area contributed by atoms with Crippen LogP contribution in [-0.2, 0) is 28.8 Å². The van der Waals surface area contributed by atoms with E-state index in [-0.39, 0.29) is 5.97 Å².